The van der Waals surface area contributed by atoms with Gasteiger partial charge in [0.2, 0.25) is 0 Å². The molecule has 98 valence electrons. The normalized spacial score (nSPS) is 10.0. The van der Waals surface area contributed by atoms with Gasteiger partial charge in [-0.15, -0.1) is 0 Å². The van der Waals surface area contributed by atoms with Crippen molar-refractivity contribution in [2.75, 3.05) is 20.7 Å². The zero-order valence-corrected chi connectivity index (χ0v) is 10.1. The Hall–Kier alpha value is -1.98. The van der Waals surface area contributed by atoms with Crippen LogP contribution in [0.4, 0.5) is 8.78 Å². The molecule has 0 radical (unpaired) electrons. The van der Waals surface area contributed by atoms with E-state index in [1.54, 1.807) is 0 Å². The third-order valence-electron chi connectivity index (χ3n) is 2.40. The van der Waals surface area contributed by atoms with Crippen molar-refractivity contribution in [2.24, 2.45) is 0 Å². The molecule has 0 N–H and O–H groups in total. The predicted molar refractivity (Wildman–Crippen MR) is 60.0 cm³/mol. The van der Waals surface area contributed by atoms with Gasteiger partial charge < -0.3 is 9.64 Å². The molecule has 0 heterocycles. The van der Waals surface area contributed by atoms with Crippen molar-refractivity contribution >= 4 is 11.9 Å². The number of hydrogen-bond acceptors (Lipinski definition) is 3. The third-order valence-corrected chi connectivity index (χ3v) is 2.40. The number of halogens is 2. The number of rotatable bonds is 4. The average Bonchev–Trinajstić information content (AvgIpc) is 2.34. The Morgan fingerprint density at radius 1 is 1.28 bits per heavy atom. The van der Waals surface area contributed by atoms with Gasteiger partial charge in [0.05, 0.1) is 13.5 Å². The summed E-state index contributed by atoms with van der Waals surface area (Å²) in [6, 6.07) is 3.19. The van der Waals surface area contributed by atoms with Crippen LogP contribution in [0.1, 0.15) is 16.8 Å². The summed E-state index contributed by atoms with van der Waals surface area (Å²) in [6.45, 7) is 0.0271. The maximum atomic E-state index is 13.3. The zero-order valence-electron chi connectivity index (χ0n) is 10.1. The highest BCUT2D eigenvalue weighted by Gasteiger charge is 2.20. The quantitative estimate of drug-likeness (QED) is 0.770. The average molecular weight is 257 g/mol. The van der Waals surface area contributed by atoms with E-state index in [4.69, 9.17) is 0 Å². The molecule has 6 heteroatoms. The number of amides is 1. The molecule has 18 heavy (non-hydrogen) atoms. The maximum Gasteiger partial charge on any atom is 0.307 e. The molecule has 0 aliphatic carbocycles. The summed E-state index contributed by atoms with van der Waals surface area (Å²) < 4.78 is 31.1. The first-order valence-corrected chi connectivity index (χ1v) is 5.23. The second kappa shape index (κ2) is 6.09. The van der Waals surface area contributed by atoms with Crippen molar-refractivity contribution in [3.05, 3.63) is 35.4 Å². The number of carbonyl (C=O) groups excluding carboxylic acids is 2. The van der Waals surface area contributed by atoms with Gasteiger partial charge in [-0.1, -0.05) is 6.07 Å². The van der Waals surface area contributed by atoms with Crippen LogP contribution >= 0.6 is 0 Å². The number of ether oxygens (including phenoxy) is 1. The molecule has 0 bridgehead atoms. The van der Waals surface area contributed by atoms with Crippen LogP contribution in [0.2, 0.25) is 0 Å². The molecule has 1 rings (SSSR count). The van der Waals surface area contributed by atoms with Crippen LogP contribution in [-0.2, 0) is 9.53 Å². The van der Waals surface area contributed by atoms with Crippen LogP contribution in [0.25, 0.3) is 0 Å². The van der Waals surface area contributed by atoms with E-state index < -0.39 is 29.1 Å². The molecule has 0 aromatic heterocycles. The Balaban J connectivity index is 2.78. The van der Waals surface area contributed by atoms with Gasteiger partial charge in [-0.3, -0.25) is 9.59 Å². The van der Waals surface area contributed by atoms with Crippen LogP contribution in [0.3, 0.4) is 0 Å². The Morgan fingerprint density at radius 2 is 1.83 bits per heavy atom. The molecular formula is C12H13F2NO3. The molecule has 1 aromatic carbocycles. The first kappa shape index (κ1) is 14.1. The highest BCUT2D eigenvalue weighted by atomic mass is 19.1. The number of benzene rings is 1. The maximum absolute atomic E-state index is 13.3. The Kier molecular flexibility index (Phi) is 4.76. The highest BCUT2D eigenvalue weighted by molar-refractivity contribution is 5.94. The number of carbonyl (C=O) groups is 2. The van der Waals surface area contributed by atoms with Gasteiger partial charge >= 0.3 is 5.97 Å². The lowest BCUT2D eigenvalue weighted by Crippen LogP contribution is -2.30. The molecule has 0 saturated carbocycles. The number of nitrogens with zero attached hydrogens (tertiary/aromatic N) is 1. The molecule has 0 saturated heterocycles. The summed E-state index contributed by atoms with van der Waals surface area (Å²) in [5, 5.41) is 0. The molecule has 1 amide bonds. The van der Waals surface area contributed by atoms with Crippen molar-refractivity contribution in [2.45, 2.75) is 6.42 Å². The van der Waals surface area contributed by atoms with Crippen molar-refractivity contribution in [3.8, 4) is 0 Å². The van der Waals surface area contributed by atoms with Gasteiger partial charge in [0, 0.05) is 13.6 Å². The van der Waals surface area contributed by atoms with E-state index in [2.05, 4.69) is 4.74 Å². The van der Waals surface area contributed by atoms with Gasteiger partial charge in [0.1, 0.15) is 17.2 Å². The highest BCUT2D eigenvalue weighted by Crippen LogP contribution is 2.14. The molecule has 0 unspecified atom stereocenters. The number of esters is 1. The SMILES string of the molecule is COC(=O)CCN(C)C(=O)c1c(F)cccc1F. The molecule has 0 atom stereocenters. The van der Waals surface area contributed by atoms with E-state index >= 15 is 0 Å². The first-order valence-electron chi connectivity index (χ1n) is 5.23. The molecule has 4 nitrogen and oxygen atoms in total. The van der Waals surface area contributed by atoms with Crippen molar-refractivity contribution in [1.82, 2.24) is 4.90 Å². The second-order valence-electron chi connectivity index (χ2n) is 3.65. The summed E-state index contributed by atoms with van der Waals surface area (Å²) in [4.78, 5) is 23.7. The summed E-state index contributed by atoms with van der Waals surface area (Å²) in [6.07, 6.45) is -0.0329. The lowest BCUT2D eigenvalue weighted by molar-refractivity contribution is -0.140. The van der Waals surface area contributed by atoms with E-state index in [-0.39, 0.29) is 13.0 Å². The monoisotopic (exact) mass is 257 g/mol. The minimum Gasteiger partial charge on any atom is -0.469 e. The second-order valence-corrected chi connectivity index (χ2v) is 3.65. The van der Waals surface area contributed by atoms with E-state index in [0.29, 0.717) is 0 Å². The van der Waals surface area contributed by atoms with E-state index in [1.807, 2.05) is 0 Å². The topological polar surface area (TPSA) is 46.6 Å². The Bertz CT molecular complexity index is 442. The van der Waals surface area contributed by atoms with Crippen LogP contribution in [0.5, 0.6) is 0 Å². The fourth-order valence-corrected chi connectivity index (χ4v) is 1.36. The van der Waals surface area contributed by atoms with Crippen LogP contribution in [-0.4, -0.2) is 37.5 Å². The van der Waals surface area contributed by atoms with Crippen molar-refractivity contribution < 1.29 is 23.1 Å². The Labute approximate surface area is 103 Å². The van der Waals surface area contributed by atoms with Gasteiger partial charge in [-0.05, 0) is 12.1 Å². The van der Waals surface area contributed by atoms with Crippen LogP contribution in [0, 0.1) is 11.6 Å². The molecule has 0 aliphatic heterocycles. The summed E-state index contributed by atoms with van der Waals surface area (Å²) >= 11 is 0. The predicted octanol–water partition coefficient (Wildman–Crippen LogP) is 1.60. The summed E-state index contributed by atoms with van der Waals surface area (Å²) in [5.41, 5.74) is -0.620. The van der Waals surface area contributed by atoms with Gasteiger partial charge in [0.15, 0.2) is 0 Å². The van der Waals surface area contributed by atoms with Gasteiger partial charge in [-0.2, -0.15) is 0 Å². The van der Waals surface area contributed by atoms with Crippen LogP contribution < -0.4 is 0 Å². The third kappa shape index (κ3) is 3.26. The van der Waals surface area contributed by atoms with Gasteiger partial charge in [-0.25, -0.2) is 8.78 Å². The minimum absolute atomic E-state index is 0.0271. The van der Waals surface area contributed by atoms with Crippen LogP contribution in [0.15, 0.2) is 18.2 Å². The largest absolute Gasteiger partial charge is 0.469 e. The lowest BCUT2D eigenvalue weighted by Gasteiger charge is -2.17. The van der Waals surface area contributed by atoms with E-state index in [0.717, 1.165) is 17.0 Å². The van der Waals surface area contributed by atoms with Crippen molar-refractivity contribution in [1.29, 1.82) is 0 Å². The standard InChI is InChI=1S/C12H13F2NO3/c1-15(7-6-10(16)18-2)12(17)11-8(13)4-3-5-9(11)14/h3-5H,6-7H2,1-2H3. The molecular weight excluding hydrogens is 244 g/mol. The number of hydrogen-bond donors (Lipinski definition) is 0. The molecule has 0 aliphatic rings. The fraction of sp³-hybridized carbons (Fsp3) is 0.333. The fourth-order valence-electron chi connectivity index (χ4n) is 1.36. The summed E-state index contributed by atoms with van der Waals surface area (Å²) in [7, 11) is 2.58. The first-order chi connectivity index (χ1) is 8.47. The lowest BCUT2D eigenvalue weighted by atomic mass is 10.1. The van der Waals surface area contributed by atoms with Gasteiger partial charge in [0.25, 0.3) is 5.91 Å². The zero-order chi connectivity index (χ0) is 13.7. The van der Waals surface area contributed by atoms with E-state index in [1.165, 1.54) is 20.2 Å². The van der Waals surface area contributed by atoms with Crippen molar-refractivity contribution in [3.63, 3.8) is 0 Å². The molecule has 1 aromatic rings. The Morgan fingerprint density at radius 3 is 2.33 bits per heavy atom. The molecule has 0 spiro atoms. The smallest absolute Gasteiger partial charge is 0.307 e. The van der Waals surface area contributed by atoms with E-state index in [9.17, 15) is 18.4 Å². The minimum atomic E-state index is -0.926. The summed E-state index contributed by atoms with van der Waals surface area (Å²) in [5.74, 6) is -3.16. The molecule has 0 fully saturated rings. The number of methoxy groups -OCH3 is 1.